The molecule has 0 bridgehead atoms. The molecular formula is C17H16N4O3S3. The Morgan fingerprint density at radius 2 is 2.00 bits per heavy atom. The van der Waals surface area contributed by atoms with Crippen LogP contribution in [0.3, 0.4) is 0 Å². The number of carbonyl (C=O) groups is 2. The molecule has 2 heterocycles. The predicted molar refractivity (Wildman–Crippen MR) is 108 cm³/mol. The fourth-order valence-corrected chi connectivity index (χ4v) is 4.23. The highest BCUT2D eigenvalue weighted by Gasteiger charge is 2.12. The van der Waals surface area contributed by atoms with Gasteiger partial charge in [0.25, 0.3) is 5.91 Å². The van der Waals surface area contributed by atoms with Crippen molar-refractivity contribution in [2.75, 3.05) is 18.2 Å². The number of hydrogen-bond donors (Lipinski definition) is 2. The fourth-order valence-electron chi connectivity index (χ4n) is 2.01. The van der Waals surface area contributed by atoms with E-state index in [1.54, 1.807) is 42.7 Å². The quantitative estimate of drug-likeness (QED) is 0.429. The third-order valence-electron chi connectivity index (χ3n) is 3.35. The molecule has 0 fully saturated rings. The molecule has 0 aliphatic heterocycles. The lowest BCUT2D eigenvalue weighted by atomic mass is 10.2. The van der Waals surface area contributed by atoms with Gasteiger partial charge in [0, 0.05) is 10.4 Å². The molecule has 2 N–H and O–H groups in total. The molecule has 0 aliphatic carbocycles. The number of amides is 2. The number of nitrogens with zero attached hydrogens (tertiary/aromatic N) is 2. The largest absolute Gasteiger partial charge is 0.497 e. The average molecular weight is 421 g/mol. The Kier molecular flexibility index (Phi) is 6.80. The van der Waals surface area contributed by atoms with Crippen LogP contribution < -0.4 is 15.4 Å². The maximum atomic E-state index is 12.2. The van der Waals surface area contributed by atoms with E-state index in [0.717, 1.165) is 4.88 Å². The van der Waals surface area contributed by atoms with Crippen LogP contribution in [0.25, 0.3) is 0 Å². The van der Waals surface area contributed by atoms with Gasteiger partial charge in [-0.1, -0.05) is 29.2 Å². The molecule has 2 amide bonds. The van der Waals surface area contributed by atoms with Crippen LogP contribution >= 0.6 is 34.4 Å². The minimum absolute atomic E-state index is 0.0765. The van der Waals surface area contributed by atoms with Crippen LogP contribution in [-0.2, 0) is 11.3 Å². The molecular weight excluding hydrogens is 404 g/mol. The number of nitrogens with one attached hydrogen (secondary N) is 2. The Morgan fingerprint density at radius 3 is 2.70 bits per heavy atom. The molecule has 140 valence electrons. The monoisotopic (exact) mass is 420 g/mol. The van der Waals surface area contributed by atoms with Gasteiger partial charge in [-0.05, 0) is 35.7 Å². The Morgan fingerprint density at radius 1 is 1.19 bits per heavy atom. The zero-order chi connectivity index (χ0) is 19.1. The second-order valence-electron chi connectivity index (χ2n) is 5.20. The maximum absolute atomic E-state index is 12.2. The number of ether oxygens (including phenoxy) is 1. The second kappa shape index (κ2) is 9.49. The van der Waals surface area contributed by atoms with E-state index in [0.29, 0.717) is 27.3 Å². The lowest BCUT2D eigenvalue weighted by molar-refractivity contribution is -0.118. The van der Waals surface area contributed by atoms with E-state index in [4.69, 9.17) is 4.74 Å². The van der Waals surface area contributed by atoms with Crippen molar-refractivity contribution < 1.29 is 14.3 Å². The van der Waals surface area contributed by atoms with Gasteiger partial charge in [0.15, 0.2) is 4.34 Å². The number of aromatic nitrogens is 2. The van der Waals surface area contributed by atoms with E-state index in [1.165, 1.54) is 23.1 Å². The summed E-state index contributed by atoms with van der Waals surface area (Å²) in [7, 11) is 1.57. The van der Waals surface area contributed by atoms with Crippen LogP contribution in [0, 0.1) is 0 Å². The van der Waals surface area contributed by atoms with Gasteiger partial charge in [0.2, 0.25) is 11.0 Å². The van der Waals surface area contributed by atoms with Crippen molar-refractivity contribution in [1.82, 2.24) is 15.5 Å². The van der Waals surface area contributed by atoms with Crippen molar-refractivity contribution in [3.8, 4) is 5.75 Å². The summed E-state index contributed by atoms with van der Waals surface area (Å²) in [6.07, 6.45) is 0. The van der Waals surface area contributed by atoms with Crippen molar-refractivity contribution in [3.63, 3.8) is 0 Å². The minimum atomic E-state index is -0.279. The molecule has 0 unspecified atom stereocenters. The van der Waals surface area contributed by atoms with Gasteiger partial charge in [-0.15, -0.1) is 21.5 Å². The summed E-state index contributed by atoms with van der Waals surface area (Å²) in [5, 5.41) is 15.8. The maximum Gasteiger partial charge on any atom is 0.257 e. The molecule has 0 atom stereocenters. The van der Waals surface area contributed by atoms with Gasteiger partial charge in [0.05, 0.1) is 19.4 Å². The first-order valence-electron chi connectivity index (χ1n) is 7.85. The van der Waals surface area contributed by atoms with E-state index in [9.17, 15) is 9.59 Å². The molecule has 27 heavy (non-hydrogen) atoms. The lowest BCUT2D eigenvalue weighted by Gasteiger charge is -2.03. The molecule has 10 heteroatoms. The SMILES string of the molecule is COc1ccc(C(=O)Nc2nnc(SCC(=O)NCc3cccs3)s2)cc1. The molecule has 3 rings (SSSR count). The van der Waals surface area contributed by atoms with Crippen molar-refractivity contribution in [2.45, 2.75) is 10.9 Å². The minimum Gasteiger partial charge on any atom is -0.497 e. The number of carbonyl (C=O) groups excluding carboxylic acids is 2. The summed E-state index contributed by atoms with van der Waals surface area (Å²) in [6.45, 7) is 0.524. The Hall–Kier alpha value is -2.43. The highest BCUT2D eigenvalue weighted by molar-refractivity contribution is 8.01. The third-order valence-corrected chi connectivity index (χ3v) is 6.19. The van der Waals surface area contributed by atoms with E-state index in [2.05, 4.69) is 20.8 Å². The zero-order valence-corrected chi connectivity index (χ0v) is 16.7. The lowest BCUT2D eigenvalue weighted by Crippen LogP contribution is -2.24. The molecule has 0 spiro atoms. The number of anilines is 1. The summed E-state index contributed by atoms with van der Waals surface area (Å²) in [6, 6.07) is 10.7. The first kappa shape index (κ1) is 19.3. The summed E-state index contributed by atoms with van der Waals surface area (Å²) in [5.74, 6) is 0.567. The molecule has 7 nitrogen and oxygen atoms in total. The van der Waals surface area contributed by atoms with Crippen molar-refractivity contribution >= 4 is 51.4 Å². The molecule has 0 aliphatic rings. The molecule has 0 saturated heterocycles. The van der Waals surface area contributed by atoms with Crippen molar-refractivity contribution in [1.29, 1.82) is 0 Å². The summed E-state index contributed by atoms with van der Waals surface area (Å²) in [4.78, 5) is 25.2. The van der Waals surface area contributed by atoms with Crippen LogP contribution in [0.15, 0.2) is 46.1 Å². The van der Waals surface area contributed by atoms with Crippen molar-refractivity contribution in [2.24, 2.45) is 0 Å². The number of hydrogen-bond acceptors (Lipinski definition) is 8. The van der Waals surface area contributed by atoms with Crippen LogP contribution in [0.2, 0.25) is 0 Å². The van der Waals surface area contributed by atoms with Gasteiger partial charge in [-0.2, -0.15) is 0 Å². The normalized spacial score (nSPS) is 10.4. The first-order valence-corrected chi connectivity index (χ1v) is 10.5. The van der Waals surface area contributed by atoms with Gasteiger partial charge in [0.1, 0.15) is 5.75 Å². The van der Waals surface area contributed by atoms with E-state index in [1.807, 2.05) is 17.5 Å². The number of rotatable bonds is 8. The van der Waals surface area contributed by atoms with Gasteiger partial charge >= 0.3 is 0 Å². The summed E-state index contributed by atoms with van der Waals surface area (Å²) in [5.41, 5.74) is 0.494. The number of thiophene rings is 1. The van der Waals surface area contributed by atoms with Gasteiger partial charge in [-0.25, -0.2) is 0 Å². The number of thioether (sulfide) groups is 1. The van der Waals surface area contributed by atoms with Gasteiger partial charge < -0.3 is 10.1 Å². The fraction of sp³-hybridized carbons (Fsp3) is 0.176. The second-order valence-corrected chi connectivity index (χ2v) is 8.43. The molecule has 2 aromatic heterocycles. The number of methoxy groups -OCH3 is 1. The zero-order valence-electron chi connectivity index (χ0n) is 14.3. The third kappa shape index (κ3) is 5.78. The Balaban J connectivity index is 1.46. The molecule has 3 aromatic rings. The van der Waals surface area contributed by atoms with Crippen LogP contribution in [0.4, 0.5) is 5.13 Å². The highest BCUT2D eigenvalue weighted by Crippen LogP contribution is 2.25. The Bertz CT molecular complexity index is 895. The smallest absolute Gasteiger partial charge is 0.257 e. The Labute approximate surface area is 168 Å². The average Bonchev–Trinajstić information content (AvgIpc) is 3.36. The number of benzene rings is 1. The van der Waals surface area contributed by atoms with E-state index >= 15 is 0 Å². The van der Waals surface area contributed by atoms with Crippen molar-refractivity contribution in [3.05, 3.63) is 52.2 Å². The predicted octanol–water partition coefficient (Wildman–Crippen LogP) is 3.27. The first-order chi connectivity index (χ1) is 13.1. The summed E-state index contributed by atoms with van der Waals surface area (Å²) < 4.78 is 5.69. The highest BCUT2D eigenvalue weighted by atomic mass is 32.2. The van der Waals surface area contributed by atoms with E-state index in [-0.39, 0.29) is 17.6 Å². The van der Waals surface area contributed by atoms with Crippen LogP contribution in [-0.4, -0.2) is 34.9 Å². The van der Waals surface area contributed by atoms with Crippen LogP contribution in [0.1, 0.15) is 15.2 Å². The molecule has 0 radical (unpaired) electrons. The molecule has 0 saturated carbocycles. The topological polar surface area (TPSA) is 93.2 Å². The van der Waals surface area contributed by atoms with E-state index < -0.39 is 0 Å². The van der Waals surface area contributed by atoms with Crippen LogP contribution in [0.5, 0.6) is 5.75 Å². The molecule has 1 aromatic carbocycles. The standard InChI is InChI=1S/C17H16N4O3S3/c1-24-12-6-4-11(5-7-12)15(23)19-16-20-21-17(27-16)26-10-14(22)18-9-13-3-2-8-25-13/h2-8H,9-10H2,1H3,(H,18,22)(H,19,20,23). The van der Waals surface area contributed by atoms with Gasteiger partial charge in [-0.3, -0.25) is 14.9 Å². The summed E-state index contributed by atoms with van der Waals surface area (Å²) >= 11 is 4.11.